The number of aromatic nitrogens is 1. The smallest absolute Gasteiger partial charge is 0.303 e. The van der Waals surface area contributed by atoms with E-state index >= 15 is 0 Å². The molecular weight excluding hydrogens is 425 g/mol. The van der Waals surface area contributed by atoms with Gasteiger partial charge in [-0.25, -0.2) is 0 Å². The Kier molecular flexibility index (Phi) is 5.52. The third kappa shape index (κ3) is 4.09. The second-order valence-electron chi connectivity index (χ2n) is 5.54. The first-order valence-electron chi connectivity index (χ1n) is 7.59. The molecule has 0 aliphatic carbocycles. The molecule has 6 heteroatoms. The third-order valence-corrected chi connectivity index (χ3v) is 4.93. The molecular formula is C19H14BrCl2NO2. The summed E-state index contributed by atoms with van der Waals surface area (Å²) in [5.41, 5.74) is 3.53. The van der Waals surface area contributed by atoms with Gasteiger partial charge in [-0.1, -0.05) is 51.3 Å². The van der Waals surface area contributed by atoms with Crippen molar-refractivity contribution in [2.45, 2.75) is 12.8 Å². The maximum Gasteiger partial charge on any atom is 0.303 e. The zero-order valence-electron chi connectivity index (χ0n) is 13.0. The summed E-state index contributed by atoms with van der Waals surface area (Å²) >= 11 is 16.0. The monoisotopic (exact) mass is 437 g/mol. The van der Waals surface area contributed by atoms with Crippen molar-refractivity contribution in [3.05, 3.63) is 74.8 Å². The van der Waals surface area contributed by atoms with E-state index in [9.17, 15) is 4.79 Å². The summed E-state index contributed by atoms with van der Waals surface area (Å²) in [5, 5.41) is 10.1. The molecule has 0 aliphatic heterocycles. The van der Waals surface area contributed by atoms with Crippen LogP contribution in [0.25, 0.3) is 16.9 Å². The lowest BCUT2D eigenvalue weighted by Gasteiger charge is -2.16. The minimum Gasteiger partial charge on any atom is -0.481 e. The molecule has 0 aliphatic rings. The second-order valence-corrected chi connectivity index (χ2v) is 7.30. The highest BCUT2D eigenvalue weighted by Gasteiger charge is 2.15. The number of aryl methyl sites for hydroxylation is 1. The van der Waals surface area contributed by atoms with Crippen molar-refractivity contribution in [3.63, 3.8) is 0 Å². The van der Waals surface area contributed by atoms with Crippen LogP contribution in [0.4, 0.5) is 0 Å². The fourth-order valence-electron chi connectivity index (χ4n) is 2.70. The Balaban J connectivity index is 2.17. The number of halogens is 3. The Bertz CT molecular complexity index is 920. The minimum atomic E-state index is -0.838. The minimum absolute atomic E-state index is 0.0436. The number of carboxylic acids is 1. The maximum absolute atomic E-state index is 11.0. The standard InChI is InChI=1S/C19H14BrCl2NO2/c20-13-3-1-12(2-4-13)17-9-6-15(7-10-19(24)25)23(17)18-11-14(21)5-8-16(18)22/h1-6,8-9,11H,7,10H2,(H,24,25). The van der Waals surface area contributed by atoms with Crippen LogP contribution in [-0.2, 0) is 11.2 Å². The number of carbonyl (C=O) groups is 1. The molecule has 2 aromatic carbocycles. The van der Waals surface area contributed by atoms with Crippen LogP contribution in [0.3, 0.4) is 0 Å². The van der Waals surface area contributed by atoms with E-state index in [4.69, 9.17) is 28.3 Å². The highest BCUT2D eigenvalue weighted by Crippen LogP contribution is 2.33. The van der Waals surface area contributed by atoms with Gasteiger partial charge in [0.25, 0.3) is 0 Å². The fourth-order valence-corrected chi connectivity index (χ4v) is 3.33. The normalized spacial score (nSPS) is 10.8. The van der Waals surface area contributed by atoms with Gasteiger partial charge in [0.05, 0.1) is 22.8 Å². The van der Waals surface area contributed by atoms with Gasteiger partial charge < -0.3 is 9.67 Å². The first kappa shape index (κ1) is 18.1. The predicted molar refractivity (Wildman–Crippen MR) is 105 cm³/mol. The van der Waals surface area contributed by atoms with Crippen LogP contribution >= 0.6 is 39.1 Å². The highest BCUT2D eigenvalue weighted by molar-refractivity contribution is 9.10. The van der Waals surface area contributed by atoms with Crippen molar-refractivity contribution in [3.8, 4) is 16.9 Å². The van der Waals surface area contributed by atoms with Gasteiger partial charge in [-0.3, -0.25) is 4.79 Å². The number of rotatable bonds is 5. The largest absolute Gasteiger partial charge is 0.481 e. The molecule has 3 aromatic rings. The third-order valence-electron chi connectivity index (χ3n) is 3.85. The maximum atomic E-state index is 11.0. The van der Waals surface area contributed by atoms with Crippen LogP contribution in [-0.4, -0.2) is 15.6 Å². The molecule has 0 atom stereocenters. The Hall–Kier alpha value is -1.75. The van der Waals surface area contributed by atoms with E-state index in [-0.39, 0.29) is 6.42 Å². The number of hydrogen-bond acceptors (Lipinski definition) is 1. The van der Waals surface area contributed by atoms with Gasteiger partial charge in [0.15, 0.2) is 0 Å². The molecule has 1 aromatic heterocycles. The van der Waals surface area contributed by atoms with E-state index in [2.05, 4.69) is 15.9 Å². The zero-order valence-corrected chi connectivity index (χ0v) is 16.1. The summed E-state index contributed by atoms with van der Waals surface area (Å²) < 4.78 is 2.96. The lowest BCUT2D eigenvalue weighted by Crippen LogP contribution is -2.06. The van der Waals surface area contributed by atoms with Gasteiger partial charge in [-0.2, -0.15) is 0 Å². The van der Waals surface area contributed by atoms with Gasteiger partial charge in [0, 0.05) is 15.2 Å². The van der Waals surface area contributed by atoms with Crippen molar-refractivity contribution in [1.29, 1.82) is 0 Å². The summed E-state index contributed by atoms with van der Waals surface area (Å²) in [4.78, 5) is 11.0. The Morgan fingerprint density at radius 1 is 1.04 bits per heavy atom. The Morgan fingerprint density at radius 2 is 1.76 bits per heavy atom. The number of benzene rings is 2. The van der Waals surface area contributed by atoms with E-state index in [1.165, 1.54) is 0 Å². The van der Waals surface area contributed by atoms with E-state index in [0.29, 0.717) is 16.5 Å². The molecule has 3 nitrogen and oxygen atoms in total. The molecule has 128 valence electrons. The molecule has 0 radical (unpaired) electrons. The number of nitrogens with zero attached hydrogens (tertiary/aromatic N) is 1. The SMILES string of the molecule is O=C(O)CCc1ccc(-c2ccc(Br)cc2)n1-c1cc(Cl)ccc1Cl. The van der Waals surface area contributed by atoms with Crippen molar-refractivity contribution in [2.24, 2.45) is 0 Å². The average Bonchev–Trinajstić information content (AvgIpc) is 2.99. The molecule has 1 heterocycles. The van der Waals surface area contributed by atoms with Crippen LogP contribution in [0.1, 0.15) is 12.1 Å². The van der Waals surface area contributed by atoms with E-state index in [0.717, 1.165) is 27.1 Å². The first-order valence-corrected chi connectivity index (χ1v) is 9.14. The Labute approximate surface area is 163 Å². The van der Waals surface area contributed by atoms with Crippen LogP contribution in [0.15, 0.2) is 59.1 Å². The molecule has 0 spiro atoms. The van der Waals surface area contributed by atoms with Gasteiger partial charge >= 0.3 is 5.97 Å². The molecule has 0 amide bonds. The summed E-state index contributed by atoms with van der Waals surface area (Å²) in [7, 11) is 0. The number of aliphatic carboxylic acids is 1. The van der Waals surface area contributed by atoms with Crippen molar-refractivity contribution < 1.29 is 9.90 Å². The molecule has 0 bridgehead atoms. The summed E-state index contributed by atoms with van der Waals surface area (Å²) in [6.07, 6.45) is 0.441. The molecule has 3 rings (SSSR count). The van der Waals surface area contributed by atoms with Gasteiger partial charge in [-0.15, -0.1) is 0 Å². The van der Waals surface area contributed by atoms with E-state index in [1.807, 2.05) is 41.0 Å². The van der Waals surface area contributed by atoms with Crippen LogP contribution in [0, 0.1) is 0 Å². The molecule has 0 fully saturated rings. The summed E-state index contributed by atoms with van der Waals surface area (Å²) in [6.45, 7) is 0. The van der Waals surface area contributed by atoms with Crippen LogP contribution in [0.2, 0.25) is 10.0 Å². The van der Waals surface area contributed by atoms with E-state index < -0.39 is 5.97 Å². The first-order chi connectivity index (χ1) is 12.0. The van der Waals surface area contributed by atoms with Crippen molar-refractivity contribution in [2.75, 3.05) is 0 Å². The van der Waals surface area contributed by atoms with Gasteiger partial charge in [0.2, 0.25) is 0 Å². The molecule has 1 N–H and O–H groups in total. The number of hydrogen-bond donors (Lipinski definition) is 1. The Morgan fingerprint density at radius 3 is 2.44 bits per heavy atom. The molecule has 25 heavy (non-hydrogen) atoms. The predicted octanol–water partition coefficient (Wildman–Crippen LogP) is 6.23. The van der Waals surface area contributed by atoms with Gasteiger partial charge in [-0.05, 0) is 54.4 Å². The van der Waals surface area contributed by atoms with Crippen molar-refractivity contribution >= 4 is 45.1 Å². The van der Waals surface area contributed by atoms with Gasteiger partial charge in [0.1, 0.15) is 0 Å². The number of carboxylic acid groups (broad SMARTS) is 1. The average molecular weight is 439 g/mol. The molecule has 0 saturated carbocycles. The molecule has 0 unspecified atom stereocenters. The van der Waals surface area contributed by atoms with Crippen molar-refractivity contribution in [1.82, 2.24) is 4.57 Å². The highest BCUT2D eigenvalue weighted by atomic mass is 79.9. The molecule has 0 saturated heterocycles. The summed E-state index contributed by atoms with van der Waals surface area (Å²) in [6, 6.07) is 17.1. The topological polar surface area (TPSA) is 42.2 Å². The summed E-state index contributed by atoms with van der Waals surface area (Å²) in [5.74, 6) is -0.838. The fraction of sp³-hybridized carbons (Fsp3) is 0.105. The van der Waals surface area contributed by atoms with Crippen LogP contribution < -0.4 is 0 Å². The van der Waals surface area contributed by atoms with Crippen LogP contribution in [0.5, 0.6) is 0 Å². The van der Waals surface area contributed by atoms with E-state index in [1.54, 1.807) is 18.2 Å². The quantitative estimate of drug-likeness (QED) is 0.512. The lowest BCUT2D eigenvalue weighted by molar-refractivity contribution is -0.136. The second kappa shape index (κ2) is 7.65. The lowest BCUT2D eigenvalue weighted by atomic mass is 10.1. The zero-order chi connectivity index (χ0) is 18.0.